The van der Waals surface area contributed by atoms with Crippen LogP contribution in [-0.4, -0.2) is 25.2 Å². The van der Waals surface area contributed by atoms with Crippen molar-refractivity contribution in [3.05, 3.63) is 76.0 Å². The van der Waals surface area contributed by atoms with Crippen LogP contribution in [0, 0.1) is 0 Å². The number of H-pyrrole nitrogens is 1. The smallest absolute Gasteiger partial charge is 0.337 e. The van der Waals surface area contributed by atoms with Crippen LogP contribution < -0.4 is 4.74 Å². The van der Waals surface area contributed by atoms with E-state index >= 15 is 0 Å². The Hall–Kier alpha value is -3.05. The first-order chi connectivity index (χ1) is 13.2. The van der Waals surface area contributed by atoms with E-state index in [2.05, 4.69) is 27.9 Å². The molecule has 2 aromatic carbocycles. The van der Waals surface area contributed by atoms with Gasteiger partial charge in [0.25, 0.3) is 0 Å². The number of fused-ring (bicyclic) bond motifs is 1. The molecule has 0 saturated carbocycles. The Bertz CT molecular complexity index is 1100. The van der Waals surface area contributed by atoms with Crippen LogP contribution >= 0.6 is 11.3 Å². The van der Waals surface area contributed by atoms with Crippen molar-refractivity contribution in [2.75, 3.05) is 14.2 Å². The molecule has 0 aliphatic rings. The normalized spacial score (nSPS) is 10.9. The number of methoxy groups -OCH3 is 2. The predicted molar refractivity (Wildman–Crippen MR) is 109 cm³/mol. The fourth-order valence-electron chi connectivity index (χ4n) is 3.33. The average Bonchev–Trinajstić information content (AvgIpc) is 3.35. The molecular weight excluding hydrogens is 358 g/mol. The Kier molecular flexibility index (Phi) is 4.69. The minimum atomic E-state index is -0.321. The second-order valence-electron chi connectivity index (χ2n) is 6.27. The van der Waals surface area contributed by atoms with Gasteiger partial charge in [-0.15, -0.1) is 0 Å². The molecule has 4 rings (SSSR count). The molecule has 0 spiro atoms. The molecule has 4 aromatic rings. The summed E-state index contributed by atoms with van der Waals surface area (Å²) >= 11 is 1.67. The number of rotatable bonds is 5. The highest BCUT2D eigenvalue weighted by atomic mass is 32.1. The highest BCUT2D eigenvalue weighted by Gasteiger charge is 2.15. The zero-order valence-corrected chi connectivity index (χ0v) is 15.9. The topological polar surface area (TPSA) is 51.3 Å². The SMILES string of the molecule is COC(=O)c1cccc(Cc2c(-c3ccsc3)[nH]c3cc(OC)ccc23)c1. The van der Waals surface area contributed by atoms with Crippen LogP contribution in [0.5, 0.6) is 5.75 Å². The second-order valence-corrected chi connectivity index (χ2v) is 7.05. The van der Waals surface area contributed by atoms with Crippen molar-refractivity contribution >= 4 is 28.2 Å². The van der Waals surface area contributed by atoms with Crippen LogP contribution in [0.2, 0.25) is 0 Å². The first kappa shape index (κ1) is 17.4. The van der Waals surface area contributed by atoms with Gasteiger partial charge in [0.15, 0.2) is 0 Å². The summed E-state index contributed by atoms with van der Waals surface area (Å²) < 4.78 is 10.2. The lowest BCUT2D eigenvalue weighted by Crippen LogP contribution is -2.02. The number of carbonyl (C=O) groups is 1. The van der Waals surface area contributed by atoms with Crippen molar-refractivity contribution in [1.82, 2.24) is 4.98 Å². The molecule has 27 heavy (non-hydrogen) atoms. The van der Waals surface area contributed by atoms with Gasteiger partial charge in [-0.1, -0.05) is 12.1 Å². The van der Waals surface area contributed by atoms with Gasteiger partial charge in [0.2, 0.25) is 0 Å². The molecule has 5 heteroatoms. The summed E-state index contributed by atoms with van der Waals surface area (Å²) in [5, 5.41) is 5.36. The lowest BCUT2D eigenvalue weighted by Gasteiger charge is -2.07. The Balaban J connectivity index is 1.82. The van der Waals surface area contributed by atoms with Gasteiger partial charge in [0.05, 0.1) is 25.5 Å². The molecule has 0 bridgehead atoms. The maximum Gasteiger partial charge on any atom is 0.337 e. The minimum absolute atomic E-state index is 0.321. The standard InChI is InChI=1S/C22H19NO3S/c1-25-17-6-7-18-19(11-14-4-3-5-15(10-14)22(24)26-2)21(23-20(18)12-17)16-8-9-27-13-16/h3-10,12-13,23H,11H2,1-2H3. The van der Waals surface area contributed by atoms with E-state index < -0.39 is 0 Å². The molecule has 0 radical (unpaired) electrons. The van der Waals surface area contributed by atoms with Crippen molar-refractivity contribution < 1.29 is 14.3 Å². The summed E-state index contributed by atoms with van der Waals surface area (Å²) in [7, 11) is 3.07. The van der Waals surface area contributed by atoms with Crippen molar-refractivity contribution in [2.45, 2.75) is 6.42 Å². The summed E-state index contributed by atoms with van der Waals surface area (Å²) in [6.45, 7) is 0. The first-order valence-corrected chi connectivity index (χ1v) is 9.52. The molecule has 0 fully saturated rings. The Morgan fingerprint density at radius 1 is 1.11 bits per heavy atom. The van der Waals surface area contributed by atoms with Crippen molar-refractivity contribution in [1.29, 1.82) is 0 Å². The van der Waals surface area contributed by atoms with Crippen LogP contribution in [0.1, 0.15) is 21.5 Å². The molecule has 0 amide bonds. The Morgan fingerprint density at radius 3 is 2.74 bits per heavy atom. The molecule has 0 aliphatic heterocycles. The molecule has 0 saturated heterocycles. The highest BCUT2D eigenvalue weighted by molar-refractivity contribution is 7.08. The van der Waals surface area contributed by atoms with E-state index in [0.29, 0.717) is 12.0 Å². The van der Waals surface area contributed by atoms with E-state index in [9.17, 15) is 4.79 Å². The van der Waals surface area contributed by atoms with Gasteiger partial charge in [0, 0.05) is 34.3 Å². The lowest BCUT2D eigenvalue weighted by atomic mass is 9.98. The number of hydrogen-bond donors (Lipinski definition) is 1. The summed E-state index contributed by atoms with van der Waals surface area (Å²) in [5.41, 5.74) is 6.12. The van der Waals surface area contributed by atoms with Gasteiger partial charge >= 0.3 is 5.97 Å². The van der Waals surface area contributed by atoms with E-state index in [1.807, 2.05) is 30.3 Å². The quantitative estimate of drug-likeness (QED) is 0.481. The Morgan fingerprint density at radius 2 is 2.00 bits per heavy atom. The summed E-state index contributed by atoms with van der Waals surface area (Å²) in [4.78, 5) is 15.4. The minimum Gasteiger partial charge on any atom is -0.497 e. The number of esters is 1. The second kappa shape index (κ2) is 7.29. The maximum absolute atomic E-state index is 11.9. The van der Waals surface area contributed by atoms with Crippen LogP contribution in [-0.2, 0) is 11.2 Å². The molecule has 1 N–H and O–H groups in total. The number of ether oxygens (including phenoxy) is 2. The number of benzene rings is 2. The molecule has 0 aliphatic carbocycles. The monoisotopic (exact) mass is 377 g/mol. The van der Waals surface area contributed by atoms with Gasteiger partial charge in [-0.25, -0.2) is 4.79 Å². The molecule has 136 valence electrons. The Labute approximate surface area is 161 Å². The van der Waals surface area contributed by atoms with Crippen molar-refractivity contribution in [3.63, 3.8) is 0 Å². The summed E-state index contributed by atoms with van der Waals surface area (Å²) in [5.74, 6) is 0.499. The number of aromatic amines is 1. The van der Waals surface area contributed by atoms with Crippen molar-refractivity contribution in [2.24, 2.45) is 0 Å². The number of aromatic nitrogens is 1. The molecule has 2 aromatic heterocycles. The van der Waals surface area contributed by atoms with Gasteiger partial charge < -0.3 is 14.5 Å². The van der Waals surface area contributed by atoms with Gasteiger partial charge in [-0.05, 0) is 46.8 Å². The number of nitrogens with one attached hydrogen (secondary N) is 1. The molecular formula is C22H19NO3S. The summed E-state index contributed by atoms with van der Waals surface area (Å²) in [6.07, 6.45) is 0.711. The molecule has 2 heterocycles. The van der Waals surface area contributed by atoms with Crippen LogP contribution in [0.3, 0.4) is 0 Å². The third-order valence-electron chi connectivity index (χ3n) is 4.65. The van der Waals surface area contributed by atoms with E-state index in [4.69, 9.17) is 9.47 Å². The third kappa shape index (κ3) is 3.34. The molecule has 0 unspecified atom stereocenters. The van der Waals surface area contributed by atoms with E-state index in [0.717, 1.165) is 33.5 Å². The van der Waals surface area contributed by atoms with Crippen LogP contribution in [0.25, 0.3) is 22.2 Å². The van der Waals surface area contributed by atoms with Gasteiger partial charge in [0.1, 0.15) is 5.75 Å². The zero-order chi connectivity index (χ0) is 18.8. The zero-order valence-electron chi connectivity index (χ0n) is 15.1. The first-order valence-electron chi connectivity index (χ1n) is 8.58. The average molecular weight is 377 g/mol. The highest BCUT2D eigenvalue weighted by Crippen LogP contribution is 2.34. The number of carbonyl (C=O) groups excluding carboxylic acids is 1. The fraction of sp³-hybridized carbons (Fsp3) is 0.136. The third-order valence-corrected chi connectivity index (χ3v) is 5.34. The predicted octanol–water partition coefficient (Wildman–Crippen LogP) is 5.28. The van der Waals surface area contributed by atoms with Crippen LogP contribution in [0.4, 0.5) is 0 Å². The lowest BCUT2D eigenvalue weighted by molar-refractivity contribution is 0.0600. The van der Waals surface area contributed by atoms with Crippen molar-refractivity contribution in [3.8, 4) is 17.0 Å². The van der Waals surface area contributed by atoms with Crippen LogP contribution in [0.15, 0.2) is 59.3 Å². The summed E-state index contributed by atoms with van der Waals surface area (Å²) in [6, 6.07) is 15.8. The molecule has 0 atom stereocenters. The maximum atomic E-state index is 11.9. The van der Waals surface area contributed by atoms with E-state index in [1.165, 1.54) is 12.7 Å². The largest absolute Gasteiger partial charge is 0.497 e. The molecule has 4 nitrogen and oxygen atoms in total. The number of thiophene rings is 1. The van der Waals surface area contributed by atoms with E-state index in [1.54, 1.807) is 24.5 Å². The van der Waals surface area contributed by atoms with E-state index in [-0.39, 0.29) is 5.97 Å². The van der Waals surface area contributed by atoms with Gasteiger partial charge in [-0.3, -0.25) is 0 Å². The number of hydrogen-bond acceptors (Lipinski definition) is 4. The fourth-order valence-corrected chi connectivity index (χ4v) is 3.98. The van der Waals surface area contributed by atoms with Gasteiger partial charge in [-0.2, -0.15) is 11.3 Å².